The van der Waals surface area contributed by atoms with Gasteiger partial charge >= 0.3 is 0 Å². The molecule has 2 aromatic rings. The van der Waals surface area contributed by atoms with Crippen molar-refractivity contribution in [1.29, 1.82) is 0 Å². The number of carbonyl (C=O) groups excluding carboxylic acids is 1. The molecule has 0 aromatic carbocycles. The highest BCUT2D eigenvalue weighted by atomic mass is 16.5. The molecule has 0 radical (unpaired) electrons. The highest BCUT2D eigenvalue weighted by Gasteiger charge is 2.50. The number of ether oxygens (including phenoxy) is 2. The molecule has 1 amide bonds. The zero-order chi connectivity index (χ0) is 16.4. The van der Waals surface area contributed by atoms with E-state index >= 15 is 0 Å². The topological polar surface area (TPSA) is 90.3 Å². The number of hydrogen-bond donors (Lipinski definition) is 0. The second kappa shape index (κ2) is 6.12. The van der Waals surface area contributed by atoms with E-state index in [-0.39, 0.29) is 17.6 Å². The average Bonchev–Trinajstić information content (AvgIpc) is 2.61. The van der Waals surface area contributed by atoms with Crippen LogP contribution in [0.1, 0.15) is 23.3 Å². The number of nitrogens with zero attached hydrogens (tertiary/aromatic N) is 5. The third-order valence-corrected chi connectivity index (χ3v) is 4.32. The summed E-state index contributed by atoms with van der Waals surface area (Å²) in [5.74, 6) is 0.427. The Morgan fingerprint density at radius 1 is 1.25 bits per heavy atom. The van der Waals surface area contributed by atoms with Crippen LogP contribution in [0.4, 0.5) is 0 Å². The van der Waals surface area contributed by atoms with Crippen LogP contribution in [0.25, 0.3) is 0 Å². The largest absolute Gasteiger partial charge is 0.473 e. The maximum Gasteiger partial charge on any atom is 0.272 e. The first-order chi connectivity index (χ1) is 11.7. The summed E-state index contributed by atoms with van der Waals surface area (Å²) in [6, 6.07) is 1.62. The molecule has 2 fully saturated rings. The Labute approximate surface area is 138 Å². The first-order valence-electron chi connectivity index (χ1n) is 7.86. The van der Waals surface area contributed by atoms with Crippen LogP contribution in [0.3, 0.4) is 0 Å². The Morgan fingerprint density at radius 2 is 2.17 bits per heavy atom. The van der Waals surface area contributed by atoms with Crippen LogP contribution >= 0.6 is 0 Å². The van der Waals surface area contributed by atoms with Crippen molar-refractivity contribution in [3.05, 3.63) is 42.9 Å². The second-order valence-corrected chi connectivity index (χ2v) is 6.06. The standard InChI is InChI=1S/C16H17N5O3/c22-15(13-1-3-18-11-20-13)21-9-16(10-21)7-12(2-6-23-16)24-14-8-17-4-5-19-14/h1,3-5,8,11-12H,2,6-7,9-10H2/t12-/m1/s1. The molecule has 0 bridgehead atoms. The van der Waals surface area contributed by atoms with E-state index in [1.54, 1.807) is 35.8 Å². The molecule has 2 aliphatic rings. The fraction of sp³-hybridized carbons (Fsp3) is 0.438. The minimum absolute atomic E-state index is 0.0201. The maximum absolute atomic E-state index is 12.4. The highest BCUT2D eigenvalue weighted by Crippen LogP contribution is 2.36. The molecule has 0 N–H and O–H groups in total. The SMILES string of the molecule is O=C(c1ccncn1)N1CC2(C[C@H](Oc3cnccn3)CCO2)C1. The van der Waals surface area contributed by atoms with Gasteiger partial charge in [-0.2, -0.15) is 0 Å². The molecule has 0 saturated carbocycles. The van der Waals surface area contributed by atoms with Gasteiger partial charge in [0.05, 0.1) is 25.9 Å². The molecule has 0 aliphatic carbocycles. The summed E-state index contributed by atoms with van der Waals surface area (Å²) in [5, 5.41) is 0. The summed E-state index contributed by atoms with van der Waals surface area (Å²) in [6.45, 7) is 1.72. The Balaban J connectivity index is 1.36. The number of aromatic nitrogens is 4. The maximum atomic E-state index is 12.4. The summed E-state index contributed by atoms with van der Waals surface area (Å²) >= 11 is 0. The fourth-order valence-corrected chi connectivity index (χ4v) is 3.19. The minimum atomic E-state index is -0.326. The van der Waals surface area contributed by atoms with E-state index in [1.165, 1.54) is 6.33 Å². The number of hydrogen-bond acceptors (Lipinski definition) is 7. The molecule has 8 heteroatoms. The molecule has 1 atom stereocenters. The van der Waals surface area contributed by atoms with Gasteiger partial charge in [-0.1, -0.05) is 0 Å². The van der Waals surface area contributed by atoms with Crippen LogP contribution in [0.15, 0.2) is 37.2 Å². The van der Waals surface area contributed by atoms with Gasteiger partial charge in [0.2, 0.25) is 5.88 Å². The van der Waals surface area contributed by atoms with Gasteiger partial charge in [-0.05, 0) is 6.07 Å². The van der Waals surface area contributed by atoms with Gasteiger partial charge in [0.25, 0.3) is 5.91 Å². The van der Waals surface area contributed by atoms with E-state index in [9.17, 15) is 4.79 Å². The van der Waals surface area contributed by atoms with Gasteiger partial charge in [-0.15, -0.1) is 0 Å². The zero-order valence-corrected chi connectivity index (χ0v) is 13.0. The van der Waals surface area contributed by atoms with Crippen molar-refractivity contribution in [3.8, 4) is 5.88 Å². The van der Waals surface area contributed by atoms with Crippen molar-refractivity contribution in [2.75, 3.05) is 19.7 Å². The second-order valence-electron chi connectivity index (χ2n) is 6.06. The van der Waals surface area contributed by atoms with E-state index in [1.807, 2.05) is 0 Å². The molecule has 4 heterocycles. The van der Waals surface area contributed by atoms with Crippen LogP contribution in [0, 0.1) is 0 Å². The van der Waals surface area contributed by atoms with Crippen molar-refractivity contribution in [3.63, 3.8) is 0 Å². The van der Waals surface area contributed by atoms with Crippen molar-refractivity contribution in [2.24, 2.45) is 0 Å². The zero-order valence-electron chi connectivity index (χ0n) is 13.0. The minimum Gasteiger partial charge on any atom is -0.473 e. The predicted octanol–water partition coefficient (Wildman–Crippen LogP) is 0.719. The molecule has 1 spiro atoms. The first kappa shape index (κ1) is 14.9. The summed E-state index contributed by atoms with van der Waals surface area (Å²) in [5.41, 5.74) is 0.0800. The van der Waals surface area contributed by atoms with Gasteiger partial charge in [0, 0.05) is 31.4 Å². The molecular weight excluding hydrogens is 310 g/mol. The lowest BCUT2D eigenvalue weighted by Gasteiger charge is -2.52. The van der Waals surface area contributed by atoms with E-state index in [2.05, 4.69) is 19.9 Å². The van der Waals surface area contributed by atoms with Crippen molar-refractivity contribution in [1.82, 2.24) is 24.8 Å². The molecular formula is C16H17N5O3. The molecule has 8 nitrogen and oxygen atoms in total. The van der Waals surface area contributed by atoms with Crippen molar-refractivity contribution < 1.29 is 14.3 Å². The first-order valence-corrected chi connectivity index (χ1v) is 7.86. The van der Waals surface area contributed by atoms with Crippen LogP contribution in [0.2, 0.25) is 0 Å². The van der Waals surface area contributed by atoms with Crippen LogP contribution in [0.5, 0.6) is 5.88 Å². The van der Waals surface area contributed by atoms with Gasteiger partial charge in [-0.3, -0.25) is 9.78 Å². The van der Waals surface area contributed by atoms with E-state index in [4.69, 9.17) is 9.47 Å². The lowest BCUT2D eigenvalue weighted by molar-refractivity contribution is -0.174. The predicted molar refractivity (Wildman–Crippen MR) is 82.3 cm³/mol. The molecule has 2 aliphatic heterocycles. The monoisotopic (exact) mass is 327 g/mol. The van der Waals surface area contributed by atoms with Crippen molar-refractivity contribution in [2.45, 2.75) is 24.5 Å². The number of amides is 1. The Hall–Kier alpha value is -2.61. The lowest BCUT2D eigenvalue weighted by atomic mass is 9.84. The molecule has 0 unspecified atom stereocenters. The molecule has 124 valence electrons. The van der Waals surface area contributed by atoms with Gasteiger partial charge in [0.1, 0.15) is 23.7 Å². The van der Waals surface area contributed by atoms with Gasteiger partial charge < -0.3 is 14.4 Å². The smallest absolute Gasteiger partial charge is 0.272 e. The molecule has 4 rings (SSSR count). The van der Waals surface area contributed by atoms with E-state index in [0.717, 1.165) is 12.8 Å². The van der Waals surface area contributed by atoms with Crippen LogP contribution in [-0.2, 0) is 4.74 Å². The number of rotatable bonds is 3. The summed E-state index contributed by atoms with van der Waals surface area (Å²) in [4.78, 5) is 30.1. The quantitative estimate of drug-likeness (QED) is 0.820. The molecule has 2 saturated heterocycles. The van der Waals surface area contributed by atoms with Crippen molar-refractivity contribution >= 4 is 5.91 Å². The number of likely N-dealkylation sites (tertiary alicyclic amines) is 1. The molecule has 2 aromatic heterocycles. The summed E-state index contributed by atoms with van der Waals surface area (Å²) in [6.07, 6.45) is 9.33. The Bertz CT molecular complexity index is 706. The number of carbonyl (C=O) groups is 1. The molecule has 24 heavy (non-hydrogen) atoms. The fourth-order valence-electron chi connectivity index (χ4n) is 3.19. The third kappa shape index (κ3) is 2.92. The highest BCUT2D eigenvalue weighted by molar-refractivity contribution is 5.92. The van der Waals surface area contributed by atoms with E-state index < -0.39 is 0 Å². The normalized spacial score (nSPS) is 22.0. The Kier molecular flexibility index (Phi) is 3.81. The summed E-state index contributed by atoms with van der Waals surface area (Å²) < 4.78 is 11.8. The van der Waals surface area contributed by atoms with Crippen LogP contribution < -0.4 is 4.74 Å². The third-order valence-electron chi connectivity index (χ3n) is 4.32. The lowest BCUT2D eigenvalue weighted by Crippen LogP contribution is -2.67. The van der Waals surface area contributed by atoms with E-state index in [0.29, 0.717) is 31.3 Å². The summed E-state index contributed by atoms with van der Waals surface area (Å²) in [7, 11) is 0. The average molecular weight is 327 g/mol. The van der Waals surface area contributed by atoms with Gasteiger partial charge in [0.15, 0.2) is 0 Å². The van der Waals surface area contributed by atoms with Gasteiger partial charge in [-0.25, -0.2) is 15.0 Å². The Morgan fingerprint density at radius 3 is 2.92 bits per heavy atom. The van der Waals surface area contributed by atoms with Crippen LogP contribution in [-0.4, -0.2) is 62.1 Å².